The topological polar surface area (TPSA) is 70.7 Å². The van der Waals surface area contributed by atoms with E-state index in [2.05, 4.69) is 10.0 Å². The summed E-state index contributed by atoms with van der Waals surface area (Å²) < 4.78 is 32.9. The lowest BCUT2D eigenvalue weighted by molar-refractivity contribution is 0.186. The lowest BCUT2D eigenvalue weighted by atomic mass is 10.1. The number of hydrogen-bond acceptors (Lipinski definition) is 4. The third kappa shape index (κ3) is 5.31. The fourth-order valence-corrected chi connectivity index (χ4v) is 2.71. The Kier molecular flexibility index (Phi) is 6.35. The minimum atomic E-state index is -3.33. The van der Waals surface area contributed by atoms with Crippen LogP contribution < -0.4 is 10.0 Å². The third-order valence-electron chi connectivity index (χ3n) is 2.89. The Labute approximate surface area is 104 Å². The summed E-state index contributed by atoms with van der Waals surface area (Å²) in [6.07, 6.45) is 1.74. The maximum atomic E-state index is 11.8. The van der Waals surface area contributed by atoms with E-state index in [0.717, 1.165) is 26.0 Å². The number of hydrogen-bond donors (Lipinski definition) is 2. The zero-order valence-electron chi connectivity index (χ0n) is 10.6. The van der Waals surface area contributed by atoms with Gasteiger partial charge >= 0.3 is 0 Å². The Hall–Kier alpha value is -0.210. The van der Waals surface area contributed by atoms with Crippen LogP contribution >= 0.6 is 0 Å². The molecule has 0 saturated carbocycles. The van der Waals surface area contributed by atoms with Gasteiger partial charge in [-0.1, -0.05) is 0 Å². The molecule has 7 heteroatoms. The third-order valence-corrected chi connectivity index (χ3v) is 4.42. The van der Waals surface area contributed by atoms with Crippen molar-refractivity contribution >= 4 is 10.2 Å². The molecule has 1 aliphatic rings. The number of nitrogens with one attached hydrogen (secondary N) is 2. The van der Waals surface area contributed by atoms with Crippen LogP contribution in [0.4, 0.5) is 0 Å². The van der Waals surface area contributed by atoms with Gasteiger partial charge in [-0.15, -0.1) is 0 Å². The maximum absolute atomic E-state index is 11.8. The quantitative estimate of drug-likeness (QED) is 0.575. The molecule has 0 spiro atoms. The molecule has 0 aliphatic carbocycles. The molecule has 1 fully saturated rings. The molecule has 17 heavy (non-hydrogen) atoms. The molecular formula is C10H23N3O3S. The zero-order valence-corrected chi connectivity index (χ0v) is 11.4. The van der Waals surface area contributed by atoms with Crippen molar-refractivity contribution in [1.82, 2.24) is 14.3 Å². The molecule has 0 radical (unpaired) electrons. The first kappa shape index (κ1) is 14.8. The second-order valence-corrected chi connectivity index (χ2v) is 6.22. The summed E-state index contributed by atoms with van der Waals surface area (Å²) in [7, 11) is 0.126. The molecule has 0 aromatic rings. The lowest BCUT2D eigenvalue weighted by Gasteiger charge is -2.18. The molecule has 1 heterocycles. The van der Waals surface area contributed by atoms with Crippen LogP contribution in [0.1, 0.15) is 12.8 Å². The molecular weight excluding hydrogens is 242 g/mol. The molecule has 0 aromatic heterocycles. The molecule has 102 valence electrons. The molecule has 1 atom stereocenters. The number of rotatable bonds is 8. The van der Waals surface area contributed by atoms with Gasteiger partial charge in [0.2, 0.25) is 0 Å². The van der Waals surface area contributed by atoms with E-state index in [9.17, 15) is 8.42 Å². The van der Waals surface area contributed by atoms with Crippen molar-refractivity contribution in [3.63, 3.8) is 0 Å². The fourth-order valence-electron chi connectivity index (χ4n) is 1.68. The van der Waals surface area contributed by atoms with Crippen LogP contribution in [-0.4, -0.2) is 59.7 Å². The van der Waals surface area contributed by atoms with E-state index in [1.165, 1.54) is 4.31 Å². The first-order chi connectivity index (χ1) is 8.06. The highest BCUT2D eigenvalue weighted by Gasteiger charge is 2.21. The van der Waals surface area contributed by atoms with E-state index in [1.54, 1.807) is 7.05 Å². The van der Waals surface area contributed by atoms with Crippen LogP contribution in [0, 0.1) is 5.92 Å². The average molecular weight is 265 g/mol. The largest absolute Gasteiger partial charge is 0.381 e. The Morgan fingerprint density at radius 1 is 1.47 bits per heavy atom. The molecule has 1 rings (SSSR count). The minimum Gasteiger partial charge on any atom is -0.381 e. The van der Waals surface area contributed by atoms with Gasteiger partial charge in [-0.05, 0) is 32.4 Å². The van der Waals surface area contributed by atoms with Crippen LogP contribution in [0.5, 0.6) is 0 Å². The molecule has 1 aliphatic heterocycles. The van der Waals surface area contributed by atoms with Gasteiger partial charge in [0, 0.05) is 26.7 Å². The van der Waals surface area contributed by atoms with Crippen molar-refractivity contribution in [3.8, 4) is 0 Å². The minimum absolute atomic E-state index is 0.315. The van der Waals surface area contributed by atoms with E-state index in [4.69, 9.17) is 4.74 Å². The summed E-state index contributed by atoms with van der Waals surface area (Å²) in [4.78, 5) is 0. The highest BCUT2D eigenvalue weighted by molar-refractivity contribution is 7.87. The second kappa shape index (κ2) is 7.27. The Morgan fingerprint density at radius 3 is 2.82 bits per heavy atom. The summed E-state index contributed by atoms with van der Waals surface area (Å²) in [6, 6.07) is 0. The van der Waals surface area contributed by atoms with E-state index in [0.29, 0.717) is 25.6 Å². The van der Waals surface area contributed by atoms with E-state index >= 15 is 0 Å². The van der Waals surface area contributed by atoms with Crippen molar-refractivity contribution in [2.45, 2.75) is 12.8 Å². The fraction of sp³-hybridized carbons (Fsp3) is 1.00. The molecule has 1 unspecified atom stereocenters. The van der Waals surface area contributed by atoms with Crippen molar-refractivity contribution in [1.29, 1.82) is 0 Å². The molecule has 0 amide bonds. The Morgan fingerprint density at radius 2 is 2.24 bits per heavy atom. The van der Waals surface area contributed by atoms with Crippen LogP contribution in [0.25, 0.3) is 0 Å². The van der Waals surface area contributed by atoms with Gasteiger partial charge in [-0.2, -0.15) is 12.7 Å². The van der Waals surface area contributed by atoms with E-state index in [1.807, 2.05) is 7.05 Å². The van der Waals surface area contributed by atoms with Crippen molar-refractivity contribution in [2.75, 3.05) is 46.9 Å². The van der Waals surface area contributed by atoms with Crippen molar-refractivity contribution < 1.29 is 13.2 Å². The van der Waals surface area contributed by atoms with Gasteiger partial charge in [0.1, 0.15) is 0 Å². The van der Waals surface area contributed by atoms with Crippen LogP contribution in [0.3, 0.4) is 0 Å². The lowest BCUT2D eigenvalue weighted by Crippen LogP contribution is -2.41. The summed E-state index contributed by atoms with van der Waals surface area (Å²) in [5, 5.41) is 2.99. The zero-order chi connectivity index (χ0) is 12.7. The monoisotopic (exact) mass is 265 g/mol. The van der Waals surface area contributed by atoms with Gasteiger partial charge in [0.25, 0.3) is 10.2 Å². The van der Waals surface area contributed by atoms with Gasteiger partial charge < -0.3 is 10.1 Å². The van der Waals surface area contributed by atoms with Crippen LogP contribution in [-0.2, 0) is 14.9 Å². The molecule has 2 N–H and O–H groups in total. The SMILES string of the molecule is CNCCCN(C)S(=O)(=O)NCC1CCOC1. The van der Waals surface area contributed by atoms with Crippen molar-refractivity contribution in [3.05, 3.63) is 0 Å². The van der Waals surface area contributed by atoms with E-state index < -0.39 is 10.2 Å². The molecule has 0 bridgehead atoms. The summed E-state index contributed by atoms with van der Waals surface area (Å²) in [6.45, 7) is 3.21. The summed E-state index contributed by atoms with van der Waals surface area (Å²) >= 11 is 0. The van der Waals surface area contributed by atoms with Crippen LogP contribution in [0.2, 0.25) is 0 Å². The van der Waals surface area contributed by atoms with E-state index in [-0.39, 0.29) is 0 Å². The van der Waals surface area contributed by atoms with Gasteiger partial charge in [-0.3, -0.25) is 0 Å². The Bertz CT molecular complexity index is 302. The highest BCUT2D eigenvalue weighted by atomic mass is 32.2. The maximum Gasteiger partial charge on any atom is 0.279 e. The normalized spacial score (nSPS) is 21.2. The Balaban J connectivity index is 2.27. The number of ether oxygens (including phenoxy) is 1. The second-order valence-electron chi connectivity index (χ2n) is 4.36. The van der Waals surface area contributed by atoms with Gasteiger partial charge in [0.05, 0.1) is 6.61 Å². The molecule has 0 aromatic carbocycles. The standard InChI is InChI=1S/C10H23N3O3S/c1-11-5-3-6-13(2)17(14,15)12-8-10-4-7-16-9-10/h10-12H,3-9H2,1-2H3. The van der Waals surface area contributed by atoms with Gasteiger partial charge in [0.15, 0.2) is 0 Å². The molecule has 1 saturated heterocycles. The summed E-state index contributed by atoms with van der Waals surface area (Å²) in [5.41, 5.74) is 0. The predicted molar refractivity (Wildman–Crippen MR) is 67.0 cm³/mol. The average Bonchev–Trinajstić information content (AvgIpc) is 2.79. The smallest absolute Gasteiger partial charge is 0.279 e. The first-order valence-electron chi connectivity index (χ1n) is 5.99. The summed E-state index contributed by atoms with van der Waals surface area (Å²) in [5.74, 6) is 0.315. The van der Waals surface area contributed by atoms with Gasteiger partial charge in [-0.25, -0.2) is 4.72 Å². The number of nitrogens with zero attached hydrogens (tertiary/aromatic N) is 1. The first-order valence-corrected chi connectivity index (χ1v) is 7.43. The molecule has 6 nitrogen and oxygen atoms in total. The predicted octanol–water partition coefficient (Wildman–Crippen LogP) is -0.601. The van der Waals surface area contributed by atoms with Crippen LogP contribution in [0.15, 0.2) is 0 Å². The highest BCUT2D eigenvalue weighted by Crippen LogP contribution is 2.11. The van der Waals surface area contributed by atoms with Crippen molar-refractivity contribution in [2.24, 2.45) is 5.92 Å².